The van der Waals surface area contributed by atoms with E-state index < -0.39 is 0 Å². The summed E-state index contributed by atoms with van der Waals surface area (Å²) >= 11 is 2.05. The number of thioether (sulfide) groups is 1. The minimum Gasteiger partial charge on any atom is -0.493 e. The number of guanidine groups is 1. The second-order valence-corrected chi connectivity index (χ2v) is 8.21. The van der Waals surface area contributed by atoms with Gasteiger partial charge in [-0.2, -0.15) is 11.8 Å². The van der Waals surface area contributed by atoms with Gasteiger partial charge in [0.05, 0.1) is 6.61 Å². The lowest BCUT2D eigenvalue weighted by atomic mass is 10.1. The molecule has 1 aliphatic rings. The molecule has 2 rings (SSSR count). The van der Waals surface area contributed by atoms with Crippen LogP contribution in [0.4, 0.5) is 0 Å². The standard InChI is InChI=1S/C19H31N3O2S.HI/c1-19(9-5-12-25-19)15-22-18(20-2)21-14-16-7-4-8-17(13-16)24-11-6-10-23-3;/h4,7-8,13H,5-6,9-12,14-15H2,1-3H3,(H2,20,21,22);1H. The van der Waals surface area contributed by atoms with E-state index in [0.717, 1.165) is 37.8 Å². The van der Waals surface area contributed by atoms with Crippen molar-refractivity contribution < 1.29 is 9.47 Å². The van der Waals surface area contributed by atoms with Crippen LogP contribution in [0.1, 0.15) is 31.7 Å². The third kappa shape index (κ3) is 8.35. The van der Waals surface area contributed by atoms with E-state index in [0.29, 0.717) is 11.4 Å². The van der Waals surface area contributed by atoms with Crippen LogP contribution >= 0.6 is 35.7 Å². The van der Waals surface area contributed by atoms with Crippen LogP contribution in [0.3, 0.4) is 0 Å². The van der Waals surface area contributed by atoms with Crippen molar-refractivity contribution in [1.82, 2.24) is 10.6 Å². The van der Waals surface area contributed by atoms with Gasteiger partial charge in [0.2, 0.25) is 0 Å². The van der Waals surface area contributed by atoms with E-state index in [1.54, 1.807) is 7.11 Å². The molecule has 0 amide bonds. The highest BCUT2D eigenvalue weighted by Gasteiger charge is 2.29. The molecule has 26 heavy (non-hydrogen) atoms. The van der Waals surface area contributed by atoms with E-state index in [1.807, 2.05) is 19.2 Å². The zero-order chi connectivity index (χ0) is 18.0. The lowest BCUT2D eigenvalue weighted by molar-refractivity contribution is 0.172. The number of rotatable bonds is 9. The number of aliphatic imine (C=N–C) groups is 1. The van der Waals surface area contributed by atoms with Gasteiger partial charge in [-0.3, -0.25) is 4.99 Å². The summed E-state index contributed by atoms with van der Waals surface area (Å²) in [7, 11) is 3.52. The molecule has 1 fully saturated rings. The van der Waals surface area contributed by atoms with E-state index in [2.05, 4.69) is 46.4 Å². The van der Waals surface area contributed by atoms with Crippen LogP contribution in [0, 0.1) is 0 Å². The summed E-state index contributed by atoms with van der Waals surface area (Å²) in [5.41, 5.74) is 1.17. The molecular weight excluding hydrogens is 461 g/mol. The van der Waals surface area contributed by atoms with Gasteiger partial charge in [0.25, 0.3) is 0 Å². The Labute approximate surface area is 179 Å². The fraction of sp³-hybridized carbons (Fsp3) is 0.632. The lowest BCUT2D eigenvalue weighted by Gasteiger charge is -2.24. The number of methoxy groups -OCH3 is 1. The Morgan fingerprint density at radius 3 is 2.85 bits per heavy atom. The van der Waals surface area contributed by atoms with Gasteiger partial charge in [0.1, 0.15) is 5.75 Å². The zero-order valence-corrected chi connectivity index (χ0v) is 19.2. The quantitative estimate of drug-likeness (QED) is 0.238. The second kappa shape index (κ2) is 12.7. The highest BCUT2D eigenvalue weighted by Crippen LogP contribution is 2.36. The SMILES string of the molecule is CN=C(NCc1cccc(OCCCOC)c1)NCC1(C)CCCS1.I. The van der Waals surface area contributed by atoms with Crippen LogP contribution in [0.5, 0.6) is 5.75 Å². The van der Waals surface area contributed by atoms with Crippen molar-refractivity contribution in [3.63, 3.8) is 0 Å². The molecule has 148 valence electrons. The summed E-state index contributed by atoms with van der Waals surface area (Å²) < 4.78 is 11.1. The molecular formula is C19H32IN3O2S. The van der Waals surface area contributed by atoms with Crippen LogP contribution in [0.2, 0.25) is 0 Å². The first-order valence-corrected chi connectivity index (χ1v) is 9.93. The molecule has 0 radical (unpaired) electrons. The maximum Gasteiger partial charge on any atom is 0.191 e. The molecule has 1 aromatic rings. The average Bonchev–Trinajstić information content (AvgIpc) is 3.06. The van der Waals surface area contributed by atoms with E-state index in [-0.39, 0.29) is 24.0 Å². The van der Waals surface area contributed by atoms with Crippen molar-refractivity contribution in [2.75, 3.05) is 39.7 Å². The highest BCUT2D eigenvalue weighted by atomic mass is 127. The Morgan fingerprint density at radius 1 is 1.31 bits per heavy atom. The smallest absolute Gasteiger partial charge is 0.191 e. The van der Waals surface area contributed by atoms with Crippen LogP contribution in [0.15, 0.2) is 29.3 Å². The van der Waals surface area contributed by atoms with Gasteiger partial charge in [0, 0.05) is 45.0 Å². The van der Waals surface area contributed by atoms with Crippen molar-refractivity contribution in [2.24, 2.45) is 4.99 Å². The van der Waals surface area contributed by atoms with Crippen molar-refractivity contribution in [2.45, 2.75) is 37.5 Å². The Bertz CT molecular complexity index is 551. The number of hydrogen-bond acceptors (Lipinski definition) is 4. The first-order chi connectivity index (χ1) is 12.1. The third-order valence-electron chi connectivity index (χ3n) is 4.27. The molecule has 1 unspecified atom stereocenters. The number of benzene rings is 1. The molecule has 0 aromatic heterocycles. The van der Waals surface area contributed by atoms with Crippen LogP contribution in [-0.4, -0.2) is 50.4 Å². The first kappa shape index (κ1) is 23.4. The molecule has 1 aromatic carbocycles. The van der Waals surface area contributed by atoms with Crippen LogP contribution in [0.25, 0.3) is 0 Å². The fourth-order valence-corrected chi connectivity index (χ4v) is 4.04. The molecule has 2 N–H and O–H groups in total. The van der Waals surface area contributed by atoms with Gasteiger partial charge in [-0.1, -0.05) is 12.1 Å². The summed E-state index contributed by atoms with van der Waals surface area (Å²) in [6, 6.07) is 8.17. The number of halogens is 1. The molecule has 5 nitrogen and oxygen atoms in total. The van der Waals surface area contributed by atoms with Crippen LogP contribution in [-0.2, 0) is 11.3 Å². The van der Waals surface area contributed by atoms with Crippen molar-refractivity contribution in [3.8, 4) is 5.75 Å². The highest BCUT2D eigenvalue weighted by molar-refractivity contribution is 14.0. The zero-order valence-electron chi connectivity index (χ0n) is 16.0. The van der Waals surface area contributed by atoms with E-state index >= 15 is 0 Å². The second-order valence-electron chi connectivity index (χ2n) is 6.52. The molecule has 0 spiro atoms. The molecule has 1 atom stereocenters. The van der Waals surface area contributed by atoms with Crippen molar-refractivity contribution in [1.29, 1.82) is 0 Å². The summed E-state index contributed by atoms with van der Waals surface area (Å²) in [4.78, 5) is 4.33. The van der Waals surface area contributed by atoms with Gasteiger partial charge < -0.3 is 20.1 Å². The summed E-state index contributed by atoms with van der Waals surface area (Å²) in [6.45, 7) is 5.39. The number of nitrogens with zero attached hydrogens (tertiary/aromatic N) is 1. The molecule has 0 bridgehead atoms. The van der Waals surface area contributed by atoms with E-state index in [4.69, 9.17) is 9.47 Å². The molecule has 0 saturated carbocycles. The molecule has 1 saturated heterocycles. The molecule has 7 heteroatoms. The first-order valence-electron chi connectivity index (χ1n) is 8.94. The van der Waals surface area contributed by atoms with Gasteiger partial charge >= 0.3 is 0 Å². The minimum absolute atomic E-state index is 0. The normalized spacial score (nSPS) is 19.7. The Kier molecular flexibility index (Phi) is 11.4. The van der Waals surface area contributed by atoms with Gasteiger partial charge in [-0.05, 0) is 43.2 Å². The maximum atomic E-state index is 5.75. The van der Waals surface area contributed by atoms with Gasteiger partial charge in [-0.15, -0.1) is 24.0 Å². The topological polar surface area (TPSA) is 54.9 Å². The number of ether oxygens (including phenoxy) is 2. The summed E-state index contributed by atoms with van der Waals surface area (Å²) in [6.07, 6.45) is 3.47. The largest absolute Gasteiger partial charge is 0.493 e. The third-order valence-corrected chi connectivity index (χ3v) is 5.81. The number of nitrogens with one attached hydrogen (secondary N) is 2. The monoisotopic (exact) mass is 493 g/mol. The number of hydrogen-bond donors (Lipinski definition) is 2. The average molecular weight is 493 g/mol. The molecule has 1 heterocycles. The predicted octanol–water partition coefficient (Wildman–Crippen LogP) is 3.67. The van der Waals surface area contributed by atoms with E-state index in [1.165, 1.54) is 24.2 Å². The lowest BCUT2D eigenvalue weighted by Crippen LogP contribution is -2.43. The fourth-order valence-electron chi connectivity index (χ4n) is 2.79. The van der Waals surface area contributed by atoms with Crippen molar-refractivity contribution >= 4 is 41.7 Å². The van der Waals surface area contributed by atoms with E-state index in [9.17, 15) is 0 Å². The Hall–Kier alpha value is -0.670. The summed E-state index contributed by atoms with van der Waals surface area (Å²) in [5, 5.41) is 6.84. The summed E-state index contributed by atoms with van der Waals surface area (Å²) in [5.74, 6) is 3.01. The van der Waals surface area contributed by atoms with Gasteiger partial charge in [-0.25, -0.2) is 0 Å². The molecule has 1 aliphatic heterocycles. The Morgan fingerprint density at radius 2 is 2.15 bits per heavy atom. The minimum atomic E-state index is 0. The maximum absolute atomic E-state index is 5.75. The predicted molar refractivity (Wildman–Crippen MR) is 122 cm³/mol. The van der Waals surface area contributed by atoms with Crippen LogP contribution < -0.4 is 15.4 Å². The van der Waals surface area contributed by atoms with Gasteiger partial charge in [0.15, 0.2) is 5.96 Å². The van der Waals surface area contributed by atoms with Crippen molar-refractivity contribution in [3.05, 3.63) is 29.8 Å². The Balaban J connectivity index is 0.00000338. The molecule has 0 aliphatic carbocycles.